The third-order valence-corrected chi connectivity index (χ3v) is 6.30. The van der Waals surface area contributed by atoms with Gasteiger partial charge in [-0.15, -0.1) is 0 Å². The lowest BCUT2D eigenvalue weighted by Crippen LogP contribution is -2.29. The Bertz CT molecular complexity index is 1420. The molecule has 1 aliphatic heterocycles. The van der Waals surface area contributed by atoms with E-state index in [0.29, 0.717) is 32.3 Å². The van der Waals surface area contributed by atoms with Crippen molar-refractivity contribution >= 4 is 45.8 Å². The monoisotopic (exact) mass is 449 g/mol. The summed E-state index contributed by atoms with van der Waals surface area (Å²) in [6.07, 6.45) is 0. The number of fused-ring (bicyclic) bond motifs is 2. The predicted molar refractivity (Wildman–Crippen MR) is 124 cm³/mol. The summed E-state index contributed by atoms with van der Waals surface area (Å²) < 4.78 is 5.95. The number of amides is 1. The third-order valence-electron chi connectivity index (χ3n) is 5.66. The molecule has 5 rings (SSSR count). The van der Waals surface area contributed by atoms with Crippen LogP contribution in [0, 0.1) is 13.8 Å². The molecule has 31 heavy (non-hydrogen) atoms. The second kappa shape index (κ2) is 7.26. The number of hydrogen-bond acceptors (Lipinski definition) is 3. The van der Waals surface area contributed by atoms with E-state index in [-0.39, 0.29) is 17.1 Å². The van der Waals surface area contributed by atoms with Crippen LogP contribution in [0.5, 0.6) is 0 Å². The number of halogens is 2. The van der Waals surface area contributed by atoms with Gasteiger partial charge in [0, 0.05) is 15.7 Å². The highest BCUT2D eigenvalue weighted by atomic mass is 35.5. The van der Waals surface area contributed by atoms with Crippen molar-refractivity contribution in [1.82, 2.24) is 0 Å². The summed E-state index contributed by atoms with van der Waals surface area (Å²) in [6, 6.07) is 17.4. The van der Waals surface area contributed by atoms with E-state index in [1.54, 1.807) is 29.2 Å². The number of nitrogens with zero attached hydrogens (tertiary/aromatic N) is 1. The van der Waals surface area contributed by atoms with Gasteiger partial charge in [0.25, 0.3) is 5.91 Å². The van der Waals surface area contributed by atoms with Gasteiger partial charge in [0.15, 0.2) is 5.43 Å². The molecule has 0 N–H and O–H groups in total. The van der Waals surface area contributed by atoms with Gasteiger partial charge in [0.1, 0.15) is 5.58 Å². The van der Waals surface area contributed by atoms with Crippen LogP contribution in [0.15, 0.2) is 69.9 Å². The minimum absolute atomic E-state index is 0.0436. The fourth-order valence-corrected chi connectivity index (χ4v) is 4.35. The molecule has 1 aliphatic rings. The van der Waals surface area contributed by atoms with Gasteiger partial charge < -0.3 is 4.42 Å². The third kappa shape index (κ3) is 3.14. The van der Waals surface area contributed by atoms with Crippen LogP contribution in [0.25, 0.3) is 11.0 Å². The Balaban J connectivity index is 1.82. The topological polar surface area (TPSA) is 50.5 Å². The van der Waals surface area contributed by atoms with Gasteiger partial charge in [-0.05, 0) is 55.3 Å². The molecule has 1 amide bonds. The summed E-state index contributed by atoms with van der Waals surface area (Å²) in [5.41, 5.74) is 3.75. The summed E-state index contributed by atoms with van der Waals surface area (Å²) in [4.78, 5) is 28.6. The normalized spacial score (nSPS) is 15.5. The first-order valence-corrected chi connectivity index (χ1v) is 10.5. The number of benzene rings is 3. The zero-order valence-corrected chi connectivity index (χ0v) is 18.3. The SMILES string of the molecule is Cc1ccc(C2c3c(oc4ccc(Cl)cc4c3=O)C(=O)N2c2ccc(C)c(Cl)c2)cc1. The minimum Gasteiger partial charge on any atom is -0.450 e. The van der Waals surface area contributed by atoms with Gasteiger partial charge >= 0.3 is 0 Å². The van der Waals surface area contributed by atoms with E-state index in [9.17, 15) is 9.59 Å². The maximum atomic E-state index is 13.5. The number of aryl methyl sites for hydroxylation is 2. The average molecular weight is 450 g/mol. The van der Waals surface area contributed by atoms with E-state index in [0.717, 1.165) is 16.7 Å². The first kappa shape index (κ1) is 19.9. The zero-order valence-electron chi connectivity index (χ0n) is 16.8. The summed E-state index contributed by atoms with van der Waals surface area (Å²) in [7, 11) is 0. The Kier molecular flexibility index (Phi) is 4.65. The van der Waals surface area contributed by atoms with Crippen molar-refractivity contribution in [2.24, 2.45) is 0 Å². The second-order valence-electron chi connectivity index (χ2n) is 7.74. The van der Waals surface area contributed by atoms with Crippen molar-refractivity contribution in [3.05, 3.63) is 109 Å². The van der Waals surface area contributed by atoms with Crippen LogP contribution in [-0.2, 0) is 0 Å². The van der Waals surface area contributed by atoms with Gasteiger partial charge in [0.2, 0.25) is 5.76 Å². The molecule has 0 radical (unpaired) electrons. The Morgan fingerprint density at radius 1 is 0.903 bits per heavy atom. The van der Waals surface area contributed by atoms with Crippen molar-refractivity contribution in [2.75, 3.05) is 4.90 Å². The molecular weight excluding hydrogens is 433 g/mol. The van der Waals surface area contributed by atoms with Crippen LogP contribution in [0.1, 0.15) is 38.9 Å². The first-order valence-electron chi connectivity index (χ1n) is 9.77. The maximum absolute atomic E-state index is 13.5. The van der Waals surface area contributed by atoms with Crippen LogP contribution in [0.3, 0.4) is 0 Å². The zero-order chi connectivity index (χ0) is 21.9. The van der Waals surface area contributed by atoms with Crippen LogP contribution < -0.4 is 10.3 Å². The fraction of sp³-hybridized carbons (Fsp3) is 0.120. The molecule has 0 spiro atoms. The molecule has 0 saturated heterocycles. The number of carbonyl (C=O) groups excluding carboxylic acids is 1. The molecular formula is C25H17Cl2NO3. The Hall–Kier alpha value is -3.08. The molecule has 6 heteroatoms. The number of hydrogen-bond donors (Lipinski definition) is 0. The molecule has 154 valence electrons. The van der Waals surface area contributed by atoms with Crippen LogP contribution in [0.4, 0.5) is 5.69 Å². The van der Waals surface area contributed by atoms with E-state index in [2.05, 4.69) is 0 Å². The van der Waals surface area contributed by atoms with Crippen molar-refractivity contribution < 1.29 is 9.21 Å². The Morgan fingerprint density at radius 2 is 1.65 bits per heavy atom. The second-order valence-corrected chi connectivity index (χ2v) is 8.58. The molecule has 0 aliphatic carbocycles. The number of anilines is 1. The predicted octanol–water partition coefficient (Wildman–Crippen LogP) is 6.47. The van der Waals surface area contributed by atoms with E-state index >= 15 is 0 Å². The quantitative estimate of drug-likeness (QED) is 0.352. The molecule has 0 bridgehead atoms. The van der Waals surface area contributed by atoms with E-state index in [1.807, 2.05) is 50.2 Å². The fourth-order valence-electron chi connectivity index (χ4n) is 4.01. The highest BCUT2D eigenvalue weighted by Crippen LogP contribution is 2.42. The highest BCUT2D eigenvalue weighted by Gasteiger charge is 2.43. The van der Waals surface area contributed by atoms with Gasteiger partial charge in [-0.1, -0.05) is 59.1 Å². The number of rotatable bonds is 2. The molecule has 3 aromatic carbocycles. The maximum Gasteiger partial charge on any atom is 0.295 e. The smallest absolute Gasteiger partial charge is 0.295 e. The largest absolute Gasteiger partial charge is 0.450 e. The molecule has 0 saturated carbocycles. The first-order chi connectivity index (χ1) is 14.8. The molecule has 1 aromatic heterocycles. The molecule has 4 aromatic rings. The molecule has 0 fully saturated rings. The lowest BCUT2D eigenvalue weighted by atomic mass is 9.97. The van der Waals surface area contributed by atoms with Crippen molar-refractivity contribution in [1.29, 1.82) is 0 Å². The number of carbonyl (C=O) groups is 1. The standard InChI is InChI=1S/C25H17Cl2NO3/c1-13-3-6-15(7-4-13)22-21-23(29)18-11-16(26)8-10-20(18)31-24(21)25(30)28(22)17-9-5-14(2)19(27)12-17/h3-12,22H,1-2H3. The average Bonchev–Trinajstić information content (AvgIpc) is 3.04. The van der Waals surface area contributed by atoms with Crippen LogP contribution in [-0.4, -0.2) is 5.91 Å². The highest BCUT2D eigenvalue weighted by molar-refractivity contribution is 6.32. The van der Waals surface area contributed by atoms with Crippen molar-refractivity contribution in [3.8, 4) is 0 Å². The van der Waals surface area contributed by atoms with Gasteiger partial charge in [-0.3, -0.25) is 14.5 Å². The van der Waals surface area contributed by atoms with E-state index in [1.165, 1.54) is 0 Å². The summed E-state index contributed by atoms with van der Waals surface area (Å²) >= 11 is 12.5. The van der Waals surface area contributed by atoms with Crippen molar-refractivity contribution in [3.63, 3.8) is 0 Å². The Labute approximate surface area is 188 Å². The van der Waals surface area contributed by atoms with Gasteiger partial charge in [-0.25, -0.2) is 0 Å². The molecule has 1 atom stereocenters. The van der Waals surface area contributed by atoms with E-state index < -0.39 is 6.04 Å². The Morgan fingerprint density at radius 3 is 2.35 bits per heavy atom. The van der Waals surface area contributed by atoms with E-state index in [4.69, 9.17) is 27.6 Å². The van der Waals surface area contributed by atoms with Crippen LogP contribution >= 0.6 is 23.2 Å². The molecule has 1 unspecified atom stereocenters. The summed E-state index contributed by atoms with van der Waals surface area (Å²) in [5, 5.41) is 1.32. The van der Waals surface area contributed by atoms with Gasteiger partial charge in [0.05, 0.1) is 17.0 Å². The lowest BCUT2D eigenvalue weighted by molar-refractivity contribution is 0.0971. The summed E-state index contributed by atoms with van der Waals surface area (Å²) in [6.45, 7) is 3.88. The minimum atomic E-state index is -0.637. The van der Waals surface area contributed by atoms with Crippen LogP contribution in [0.2, 0.25) is 10.0 Å². The van der Waals surface area contributed by atoms with Crippen molar-refractivity contribution in [2.45, 2.75) is 19.9 Å². The van der Waals surface area contributed by atoms with Gasteiger partial charge in [-0.2, -0.15) is 0 Å². The summed E-state index contributed by atoms with van der Waals surface area (Å²) in [5.74, 6) is -0.337. The molecule has 4 nitrogen and oxygen atoms in total. The molecule has 2 heterocycles. The lowest BCUT2D eigenvalue weighted by Gasteiger charge is -2.25.